The van der Waals surface area contributed by atoms with Gasteiger partial charge in [-0.05, 0) is 30.9 Å². The number of ether oxygens (including phenoxy) is 2. The summed E-state index contributed by atoms with van der Waals surface area (Å²) in [4.78, 5) is 40.8. The fourth-order valence-electron chi connectivity index (χ4n) is 3.89. The van der Waals surface area contributed by atoms with Gasteiger partial charge < -0.3 is 30.2 Å². The van der Waals surface area contributed by atoms with Crippen LogP contribution in [0.4, 0.5) is 0 Å². The van der Waals surface area contributed by atoms with Crippen molar-refractivity contribution in [2.45, 2.75) is 38.1 Å². The highest BCUT2D eigenvalue weighted by molar-refractivity contribution is 5.86. The lowest BCUT2D eigenvalue weighted by Gasteiger charge is -2.23. The molecule has 0 radical (unpaired) electrons. The molecule has 1 aliphatic rings. The van der Waals surface area contributed by atoms with Gasteiger partial charge >= 0.3 is 5.97 Å². The third kappa shape index (κ3) is 8.00. The summed E-state index contributed by atoms with van der Waals surface area (Å²) in [6.07, 6.45) is 7.29. The number of fused-ring (bicyclic) bond motifs is 1. The number of esters is 1. The van der Waals surface area contributed by atoms with Gasteiger partial charge in [0.05, 0.1) is 31.8 Å². The van der Waals surface area contributed by atoms with Crippen LogP contribution >= 0.6 is 0 Å². The molecular formula is C25H33N3O6. The number of rotatable bonds is 9. The van der Waals surface area contributed by atoms with Crippen LogP contribution in [0.1, 0.15) is 31.2 Å². The number of nitrogens with one attached hydrogen (secondary N) is 3. The molecule has 3 rings (SSSR count). The lowest BCUT2D eigenvalue weighted by molar-refractivity contribution is -0.145. The summed E-state index contributed by atoms with van der Waals surface area (Å²) >= 11 is 0. The molecule has 184 valence electrons. The van der Waals surface area contributed by atoms with Gasteiger partial charge in [-0.3, -0.25) is 14.4 Å². The van der Waals surface area contributed by atoms with E-state index in [1.807, 2.05) is 42.6 Å². The number of carbonyl (C=O) groups is 3. The smallest absolute Gasteiger partial charge is 0.306 e. The summed E-state index contributed by atoms with van der Waals surface area (Å²) in [5.41, 5.74) is 2.01. The van der Waals surface area contributed by atoms with Gasteiger partial charge in [0.15, 0.2) is 0 Å². The highest BCUT2D eigenvalue weighted by Crippen LogP contribution is 2.20. The average Bonchev–Trinajstić information content (AvgIpc) is 3.23. The minimum atomic E-state index is -0.546. The zero-order valence-electron chi connectivity index (χ0n) is 19.3. The van der Waals surface area contributed by atoms with Crippen molar-refractivity contribution in [1.29, 1.82) is 0 Å². The summed E-state index contributed by atoms with van der Waals surface area (Å²) in [6, 6.07) is 7.47. The molecule has 1 aromatic carbocycles. The van der Waals surface area contributed by atoms with E-state index in [0.717, 1.165) is 16.5 Å². The minimum absolute atomic E-state index is 0.0375. The number of aliphatic hydroxyl groups excluding tert-OH is 1. The molecule has 1 aliphatic heterocycles. The molecule has 0 spiro atoms. The van der Waals surface area contributed by atoms with Crippen molar-refractivity contribution in [2.75, 3.05) is 33.0 Å². The van der Waals surface area contributed by atoms with E-state index in [1.165, 1.54) is 0 Å². The van der Waals surface area contributed by atoms with Gasteiger partial charge in [-0.2, -0.15) is 0 Å². The Morgan fingerprint density at radius 1 is 1.21 bits per heavy atom. The van der Waals surface area contributed by atoms with Gasteiger partial charge in [0.1, 0.15) is 6.61 Å². The Balaban J connectivity index is 1.66. The van der Waals surface area contributed by atoms with E-state index < -0.39 is 12.0 Å². The Morgan fingerprint density at radius 2 is 2.06 bits per heavy atom. The molecule has 0 fully saturated rings. The second-order valence-corrected chi connectivity index (χ2v) is 8.28. The maximum absolute atomic E-state index is 13.1. The van der Waals surface area contributed by atoms with E-state index >= 15 is 0 Å². The second kappa shape index (κ2) is 13.5. The molecule has 2 amide bonds. The Kier molecular flexibility index (Phi) is 10.1. The largest absolute Gasteiger partial charge is 0.463 e. The Morgan fingerprint density at radius 3 is 2.91 bits per heavy atom. The monoisotopic (exact) mass is 471 g/mol. The van der Waals surface area contributed by atoms with Crippen LogP contribution in [-0.2, 0) is 30.3 Å². The topological polar surface area (TPSA) is 130 Å². The van der Waals surface area contributed by atoms with E-state index in [1.54, 1.807) is 0 Å². The normalized spacial score (nSPS) is 19.7. The lowest BCUT2D eigenvalue weighted by atomic mass is 9.97. The third-order valence-corrected chi connectivity index (χ3v) is 5.64. The van der Waals surface area contributed by atoms with Crippen LogP contribution in [0.15, 0.2) is 42.6 Å². The highest BCUT2D eigenvalue weighted by Gasteiger charge is 2.25. The van der Waals surface area contributed by atoms with E-state index in [2.05, 4.69) is 15.6 Å². The Labute approximate surface area is 198 Å². The molecule has 0 saturated carbocycles. The van der Waals surface area contributed by atoms with Crippen LogP contribution < -0.4 is 10.6 Å². The SMILES string of the molecule is O=C(C[C@H]1CC=CCCC(=O)OC[C@H](Cc2c[nH]c3ccccc23)NC1=O)NCCOCCO. The zero-order chi connectivity index (χ0) is 24.2. The second-order valence-electron chi connectivity index (χ2n) is 8.28. The van der Waals surface area contributed by atoms with Gasteiger partial charge in [0.2, 0.25) is 11.8 Å². The van der Waals surface area contributed by atoms with Gasteiger partial charge in [-0.15, -0.1) is 0 Å². The van der Waals surface area contributed by atoms with Crippen molar-refractivity contribution in [3.63, 3.8) is 0 Å². The van der Waals surface area contributed by atoms with Crippen LogP contribution in [0, 0.1) is 5.92 Å². The standard InChI is InChI=1S/C25H33N3O6/c29-11-13-33-12-10-26-23(30)15-18-6-2-1-3-9-24(31)34-17-20(28-25(18)32)14-19-16-27-22-8-5-4-7-21(19)22/h1-2,4-5,7-8,16,18,20,27,29H,3,6,9-15,17H2,(H,26,30)(H,28,32)/t18-,20+/m1/s1. The Bertz CT molecular complexity index is 986. The molecule has 0 unspecified atom stereocenters. The number of hydrogen-bond donors (Lipinski definition) is 4. The van der Waals surface area contributed by atoms with Crippen LogP contribution in [0.5, 0.6) is 0 Å². The van der Waals surface area contributed by atoms with Gasteiger partial charge in [0.25, 0.3) is 0 Å². The van der Waals surface area contributed by atoms with Crippen molar-refractivity contribution in [1.82, 2.24) is 15.6 Å². The van der Waals surface area contributed by atoms with Gasteiger partial charge in [-0.25, -0.2) is 0 Å². The van der Waals surface area contributed by atoms with Crippen LogP contribution in [0.3, 0.4) is 0 Å². The van der Waals surface area contributed by atoms with E-state index in [-0.39, 0.29) is 50.4 Å². The summed E-state index contributed by atoms with van der Waals surface area (Å²) < 4.78 is 10.6. The fraction of sp³-hybridized carbons (Fsp3) is 0.480. The predicted octanol–water partition coefficient (Wildman–Crippen LogP) is 1.61. The van der Waals surface area contributed by atoms with Crippen molar-refractivity contribution < 1.29 is 29.0 Å². The van der Waals surface area contributed by atoms with Crippen LogP contribution in [0.2, 0.25) is 0 Å². The molecule has 34 heavy (non-hydrogen) atoms. The first-order valence-corrected chi connectivity index (χ1v) is 11.7. The first-order valence-electron chi connectivity index (χ1n) is 11.7. The molecule has 0 bridgehead atoms. The number of benzene rings is 1. The predicted molar refractivity (Wildman–Crippen MR) is 127 cm³/mol. The molecule has 2 atom stereocenters. The van der Waals surface area contributed by atoms with Crippen molar-refractivity contribution in [3.05, 3.63) is 48.2 Å². The number of aliphatic hydroxyl groups is 1. The van der Waals surface area contributed by atoms with E-state index in [9.17, 15) is 14.4 Å². The molecule has 2 aromatic rings. The number of carbonyl (C=O) groups excluding carboxylic acids is 3. The third-order valence-electron chi connectivity index (χ3n) is 5.64. The van der Waals surface area contributed by atoms with Gasteiger partial charge in [-0.1, -0.05) is 30.4 Å². The molecule has 1 aromatic heterocycles. The summed E-state index contributed by atoms with van der Waals surface area (Å²) in [5, 5.41) is 15.5. The van der Waals surface area contributed by atoms with Crippen LogP contribution in [-0.4, -0.2) is 66.9 Å². The average molecular weight is 472 g/mol. The quantitative estimate of drug-likeness (QED) is 0.250. The number of allylic oxidation sites excluding steroid dienone is 2. The number of amides is 2. The highest BCUT2D eigenvalue weighted by atomic mass is 16.5. The van der Waals surface area contributed by atoms with E-state index in [4.69, 9.17) is 14.6 Å². The van der Waals surface area contributed by atoms with Crippen molar-refractivity contribution in [3.8, 4) is 0 Å². The maximum atomic E-state index is 13.1. The summed E-state index contributed by atoms with van der Waals surface area (Å²) in [6.45, 7) is 0.809. The van der Waals surface area contributed by atoms with Crippen molar-refractivity contribution in [2.24, 2.45) is 5.92 Å². The molecular weight excluding hydrogens is 438 g/mol. The molecule has 0 saturated heterocycles. The number of para-hydroxylation sites is 1. The Hall–Kier alpha value is -3.17. The zero-order valence-corrected chi connectivity index (χ0v) is 19.3. The first kappa shape index (κ1) is 25.5. The maximum Gasteiger partial charge on any atom is 0.306 e. The summed E-state index contributed by atoms with van der Waals surface area (Å²) in [7, 11) is 0. The molecule has 0 aliphatic carbocycles. The molecule has 4 N–H and O–H groups in total. The summed E-state index contributed by atoms with van der Waals surface area (Å²) in [5.74, 6) is -1.34. The number of aromatic amines is 1. The van der Waals surface area contributed by atoms with Gasteiger partial charge in [0, 0.05) is 36.5 Å². The fourth-order valence-corrected chi connectivity index (χ4v) is 3.89. The van der Waals surface area contributed by atoms with E-state index in [0.29, 0.717) is 32.4 Å². The number of cyclic esters (lactones) is 1. The molecule has 9 heteroatoms. The first-order chi connectivity index (χ1) is 16.6. The lowest BCUT2D eigenvalue weighted by Crippen LogP contribution is -2.44. The number of hydrogen-bond acceptors (Lipinski definition) is 6. The number of aromatic nitrogens is 1. The molecule has 2 heterocycles. The molecule has 9 nitrogen and oxygen atoms in total. The number of H-pyrrole nitrogens is 1. The van der Waals surface area contributed by atoms with Crippen molar-refractivity contribution >= 4 is 28.7 Å². The minimum Gasteiger partial charge on any atom is -0.463 e. The van der Waals surface area contributed by atoms with Crippen LogP contribution in [0.25, 0.3) is 10.9 Å².